The van der Waals surface area contributed by atoms with Crippen molar-refractivity contribution in [3.05, 3.63) is 35.5 Å². The van der Waals surface area contributed by atoms with Crippen molar-refractivity contribution < 1.29 is 13.6 Å². The molecule has 1 saturated heterocycles. The summed E-state index contributed by atoms with van der Waals surface area (Å²) in [6, 6.07) is 4.75. The summed E-state index contributed by atoms with van der Waals surface area (Å²) >= 11 is 0. The first-order valence-corrected chi connectivity index (χ1v) is 6.81. The molecule has 1 aliphatic heterocycles. The van der Waals surface area contributed by atoms with E-state index < -0.39 is 17.8 Å². The second-order valence-corrected chi connectivity index (χ2v) is 5.28. The van der Waals surface area contributed by atoms with E-state index in [4.69, 9.17) is 0 Å². The summed E-state index contributed by atoms with van der Waals surface area (Å²) in [6.45, 7) is 0.679. The number of anilines is 1. The Bertz CT molecular complexity index is 651. The van der Waals surface area contributed by atoms with Gasteiger partial charge >= 0.3 is 0 Å². The molecule has 0 saturated carbocycles. The normalized spacial score (nSPS) is 18.2. The Morgan fingerprint density at radius 3 is 2.82 bits per heavy atom. The molecule has 2 rings (SSSR count). The van der Waals surface area contributed by atoms with E-state index in [-0.39, 0.29) is 17.9 Å². The van der Waals surface area contributed by atoms with Crippen molar-refractivity contribution in [2.45, 2.75) is 12.6 Å². The number of carbonyl (C=O) groups excluding carboxylic acids is 1. The monoisotopic (exact) mass is 306 g/mol. The average molecular weight is 306 g/mol. The third-order valence-electron chi connectivity index (χ3n) is 3.27. The third kappa shape index (κ3) is 3.39. The van der Waals surface area contributed by atoms with Crippen molar-refractivity contribution in [2.75, 3.05) is 32.1 Å². The van der Waals surface area contributed by atoms with Gasteiger partial charge in [-0.2, -0.15) is 5.26 Å². The van der Waals surface area contributed by atoms with Crippen LogP contribution in [-0.2, 0) is 0 Å². The van der Waals surface area contributed by atoms with Gasteiger partial charge in [-0.15, -0.1) is 0 Å². The van der Waals surface area contributed by atoms with Gasteiger partial charge in [-0.05, 0) is 18.6 Å². The zero-order valence-corrected chi connectivity index (χ0v) is 12.4. The highest BCUT2D eigenvalue weighted by molar-refractivity contribution is 6.05. The Hall–Kier alpha value is -2.49. The zero-order valence-electron chi connectivity index (χ0n) is 12.4. The van der Waals surface area contributed by atoms with Crippen LogP contribution in [0, 0.1) is 11.3 Å². The van der Waals surface area contributed by atoms with Crippen LogP contribution in [0.1, 0.15) is 22.6 Å². The molecule has 0 amide bonds. The first-order valence-electron chi connectivity index (χ1n) is 6.81. The van der Waals surface area contributed by atoms with Crippen LogP contribution in [0.25, 0.3) is 0 Å². The van der Waals surface area contributed by atoms with Gasteiger partial charge in [0, 0.05) is 33.4 Å². The van der Waals surface area contributed by atoms with E-state index in [1.54, 1.807) is 19.0 Å². The molecule has 0 spiro atoms. The minimum Gasteiger partial charge on any atom is -0.381 e. The van der Waals surface area contributed by atoms with Crippen LogP contribution in [0.3, 0.4) is 0 Å². The molecule has 0 bridgehead atoms. The van der Waals surface area contributed by atoms with E-state index >= 15 is 0 Å². The van der Waals surface area contributed by atoms with Crippen LogP contribution in [-0.4, -0.2) is 49.0 Å². The van der Waals surface area contributed by atoms with Crippen LogP contribution in [0.15, 0.2) is 24.2 Å². The highest BCUT2D eigenvalue weighted by atomic mass is 19.1. The van der Waals surface area contributed by atoms with Gasteiger partial charge in [0.05, 0.1) is 5.69 Å². The number of aromatic nitrogens is 1. The predicted molar refractivity (Wildman–Crippen MR) is 77.9 cm³/mol. The molecule has 0 aromatic carbocycles. The molecule has 0 N–H and O–H groups in total. The fraction of sp³-hybridized carbons (Fsp3) is 0.400. The number of allylic oxidation sites excluding steroid dienone is 1. The second kappa shape index (κ2) is 6.52. The maximum absolute atomic E-state index is 13.7. The van der Waals surface area contributed by atoms with Crippen molar-refractivity contribution in [2.24, 2.45) is 0 Å². The molecule has 0 aliphatic carbocycles. The molecule has 1 aromatic heterocycles. The number of carbonyl (C=O) groups is 1. The number of halogens is 2. The fourth-order valence-corrected chi connectivity index (χ4v) is 2.26. The standard InChI is InChI=1S/C15H16F2N4O/c1-20(2)9-11(17)15(22)12-3-4-14(13(7-18)19-12)21-6-5-10(16)8-21/h3-4,9-10H,5-6,8H2,1-2H3/t10-/m0/s1. The number of alkyl halides is 1. The van der Waals surface area contributed by atoms with Crippen LogP contribution >= 0.6 is 0 Å². The molecule has 1 fully saturated rings. The first-order chi connectivity index (χ1) is 10.4. The number of pyridine rings is 1. The highest BCUT2D eigenvalue weighted by Gasteiger charge is 2.25. The Labute approximate surface area is 127 Å². The van der Waals surface area contributed by atoms with Crippen LogP contribution in [0.5, 0.6) is 0 Å². The Morgan fingerprint density at radius 2 is 2.27 bits per heavy atom. The van der Waals surface area contributed by atoms with Gasteiger partial charge in [0.2, 0.25) is 5.78 Å². The van der Waals surface area contributed by atoms with Gasteiger partial charge in [-0.3, -0.25) is 4.79 Å². The van der Waals surface area contributed by atoms with E-state index in [2.05, 4.69) is 4.98 Å². The van der Waals surface area contributed by atoms with Gasteiger partial charge in [0.25, 0.3) is 0 Å². The summed E-state index contributed by atoms with van der Waals surface area (Å²) in [5.41, 5.74) is 0.320. The van der Waals surface area contributed by atoms with Gasteiger partial charge in [0.1, 0.15) is 17.9 Å². The predicted octanol–water partition coefficient (Wildman–Crippen LogP) is 2.06. The molecule has 22 heavy (non-hydrogen) atoms. The molecule has 1 aliphatic rings. The van der Waals surface area contributed by atoms with E-state index in [0.717, 1.165) is 6.20 Å². The van der Waals surface area contributed by atoms with Crippen molar-refractivity contribution in [3.63, 3.8) is 0 Å². The summed E-state index contributed by atoms with van der Waals surface area (Å²) in [6.07, 6.45) is 0.498. The molecule has 0 unspecified atom stereocenters. The van der Waals surface area contributed by atoms with Crippen LogP contribution in [0.4, 0.5) is 14.5 Å². The molecular formula is C15H16F2N4O. The molecule has 1 aromatic rings. The number of hydrogen-bond acceptors (Lipinski definition) is 5. The summed E-state index contributed by atoms with van der Waals surface area (Å²) in [5.74, 6) is -1.85. The largest absolute Gasteiger partial charge is 0.381 e. The second-order valence-electron chi connectivity index (χ2n) is 5.28. The maximum Gasteiger partial charge on any atom is 0.241 e. The van der Waals surface area contributed by atoms with Gasteiger partial charge in [-0.25, -0.2) is 13.8 Å². The van der Waals surface area contributed by atoms with Gasteiger partial charge in [-0.1, -0.05) is 0 Å². The number of ketones is 1. The number of nitriles is 1. The molecule has 7 heteroatoms. The lowest BCUT2D eigenvalue weighted by Gasteiger charge is -2.18. The highest BCUT2D eigenvalue weighted by Crippen LogP contribution is 2.25. The summed E-state index contributed by atoms with van der Waals surface area (Å²) in [7, 11) is 3.18. The van der Waals surface area contributed by atoms with E-state index in [1.165, 1.54) is 17.0 Å². The third-order valence-corrected chi connectivity index (χ3v) is 3.27. The molecule has 5 nitrogen and oxygen atoms in total. The number of Topliss-reactive ketones (excluding diaryl/α,β-unsaturated/α-hetero) is 1. The lowest BCUT2D eigenvalue weighted by Crippen LogP contribution is -2.22. The van der Waals surface area contributed by atoms with Crippen LogP contribution in [0.2, 0.25) is 0 Å². The Kier molecular flexibility index (Phi) is 4.71. The van der Waals surface area contributed by atoms with Crippen molar-refractivity contribution in [1.82, 2.24) is 9.88 Å². The molecular weight excluding hydrogens is 290 g/mol. The topological polar surface area (TPSA) is 60.2 Å². The number of nitrogens with zero attached hydrogens (tertiary/aromatic N) is 4. The zero-order chi connectivity index (χ0) is 16.3. The molecule has 1 atom stereocenters. The number of hydrogen-bond donors (Lipinski definition) is 0. The summed E-state index contributed by atoms with van der Waals surface area (Å²) < 4.78 is 27.0. The molecule has 0 radical (unpaired) electrons. The SMILES string of the molecule is CN(C)C=C(F)C(=O)c1ccc(N2CC[C@H](F)C2)c(C#N)n1. The van der Waals surface area contributed by atoms with Crippen molar-refractivity contribution in [3.8, 4) is 6.07 Å². The first kappa shape index (κ1) is 15.9. The lowest BCUT2D eigenvalue weighted by molar-refractivity contribution is 0.0997. The fourth-order valence-electron chi connectivity index (χ4n) is 2.26. The lowest BCUT2D eigenvalue weighted by atomic mass is 10.2. The maximum atomic E-state index is 13.7. The van der Waals surface area contributed by atoms with Crippen molar-refractivity contribution in [1.29, 1.82) is 5.26 Å². The minimum atomic E-state index is -0.959. The smallest absolute Gasteiger partial charge is 0.241 e. The van der Waals surface area contributed by atoms with E-state index in [0.29, 0.717) is 18.7 Å². The van der Waals surface area contributed by atoms with Gasteiger partial charge < -0.3 is 9.80 Å². The van der Waals surface area contributed by atoms with Gasteiger partial charge in [0.15, 0.2) is 11.5 Å². The van der Waals surface area contributed by atoms with Crippen LogP contribution < -0.4 is 4.90 Å². The van der Waals surface area contributed by atoms with Crippen molar-refractivity contribution >= 4 is 11.5 Å². The minimum absolute atomic E-state index is 0.00222. The summed E-state index contributed by atoms with van der Waals surface area (Å²) in [4.78, 5) is 18.9. The summed E-state index contributed by atoms with van der Waals surface area (Å²) in [5, 5.41) is 9.17. The molecule has 116 valence electrons. The molecule has 2 heterocycles. The average Bonchev–Trinajstić information content (AvgIpc) is 2.91. The Balaban J connectivity index is 2.30. The Morgan fingerprint density at radius 1 is 1.55 bits per heavy atom. The van der Waals surface area contributed by atoms with E-state index in [9.17, 15) is 18.8 Å². The number of rotatable bonds is 4. The van der Waals surface area contributed by atoms with E-state index in [1.807, 2.05) is 6.07 Å². The quantitative estimate of drug-likeness (QED) is 0.629.